The number of nitrogens with zero attached hydrogens (tertiary/aromatic N) is 3. The minimum Gasteiger partial charge on any atom is -0.390 e. The fraction of sp³-hybridized carbons (Fsp3) is 0.250. The zero-order valence-corrected chi connectivity index (χ0v) is 19.9. The molecule has 1 saturated heterocycles. The summed E-state index contributed by atoms with van der Waals surface area (Å²) in [5.41, 5.74) is 3.64. The van der Waals surface area contributed by atoms with Gasteiger partial charge in [-0.05, 0) is 53.7 Å². The van der Waals surface area contributed by atoms with E-state index in [2.05, 4.69) is 26.6 Å². The van der Waals surface area contributed by atoms with Crippen molar-refractivity contribution in [3.8, 4) is 0 Å². The summed E-state index contributed by atoms with van der Waals surface area (Å²) in [6.07, 6.45) is 5.54. The third-order valence-electron chi connectivity index (χ3n) is 6.60. The number of carbonyl (C=O) groups excluding carboxylic acids is 2. The minimum absolute atomic E-state index is 0.0954. The Balaban J connectivity index is 1.12. The standard InChI is InChI=1S/C28H28FN5O2/c29-24-6-1-20(2-7-24)19-33-13-15-34(16-14-33)28(36)23-5-10-26(31-18-23)27(35)32-25-8-3-21(4-9-25)22-11-12-30-17-22/h1-12,18,22,30H,13-17,19H2,(H,32,35). The number of rotatable bonds is 6. The first-order chi connectivity index (χ1) is 17.5. The summed E-state index contributed by atoms with van der Waals surface area (Å²) >= 11 is 0. The third-order valence-corrected chi connectivity index (χ3v) is 6.60. The van der Waals surface area contributed by atoms with Gasteiger partial charge in [-0.15, -0.1) is 0 Å². The number of nitrogens with one attached hydrogen (secondary N) is 2. The first kappa shape index (κ1) is 23.7. The van der Waals surface area contributed by atoms with Gasteiger partial charge >= 0.3 is 0 Å². The molecule has 0 spiro atoms. The van der Waals surface area contributed by atoms with Crippen molar-refractivity contribution in [1.29, 1.82) is 0 Å². The number of hydrogen-bond donors (Lipinski definition) is 2. The highest BCUT2D eigenvalue weighted by Gasteiger charge is 2.23. The van der Waals surface area contributed by atoms with E-state index in [0.29, 0.717) is 30.3 Å². The lowest BCUT2D eigenvalue weighted by atomic mass is 10.0. The molecule has 0 aliphatic carbocycles. The van der Waals surface area contributed by atoms with Gasteiger partial charge in [-0.3, -0.25) is 19.5 Å². The van der Waals surface area contributed by atoms with E-state index in [9.17, 15) is 14.0 Å². The van der Waals surface area contributed by atoms with Crippen molar-refractivity contribution in [2.45, 2.75) is 12.5 Å². The van der Waals surface area contributed by atoms with Gasteiger partial charge in [0.2, 0.25) is 0 Å². The van der Waals surface area contributed by atoms with E-state index in [1.165, 1.54) is 23.9 Å². The van der Waals surface area contributed by atoms with E-state index in [0.717, 1.165) is 31.7 Å². The molecule has 3 heterocycles. The average molecular weight is 486 g/mol. The monoisotopic (exact) mass is 485 g/mol. The average Bonchev–Trinajstić information content (AvgIpc) is 3.46. The normalized spacial score (nSPS) is 17.6. The van der Waals surface area contributed by atoms with Crippen LogP contribution in [0.5, 0.6) is 0 Å². The molecule has 1 atom stereocenters. The van der Waals surface area contributed by atoms with Crippen LogP contribution in [0.1, 0.15) is 37.9 Å². The molecule has 1 fully saturated rings. The first-order valence-corrected chi connectivity index (χ1v) is 12.1. The summed E-state index contributed by atoms with van der Waals surface area (Å²) in [5.74, 6) is -0.310. The Labute approximate surface area is 209 Å². The predicted octanol–water partition coefficient (Wildman–Crippen LogP) is 3.63. The van der Waals surface area contributed by atoms with Gasteiger partial charge in [0.25, 0.3) is 11.8 Å². The van der Waals surface area contributed by atoms with Crippen LogP contribution in [0, 0.1) is 5.82 Å². The van der Waals surface area contributed by atoms with Crippen LogP contribution in [0.4, 0.5) is 10.1 Å². The minimum atomic E-state index is -0.321. The highest BCUT2D eigenvalue weighted by Crippen LogP contribution is 2.22. The van der Waals surface area contributed by atoms with Crippen LogP contribution in [0.2, 0.25) is 0 Å². The van der Waals surface area contributed by atoms with Crippen molar-refractivity contribution in [1.82, 2.24) is 20.1 Å². The Kier molecular flexibility index (Phi) is 7.04. The predicted molar refractivity (Wildman–Crippen MR) is 136 cm³/mol. The van der Waals surface area contributed by atoms with Crippen molar-refractivity contribution in [3.05, 3.63) is 107 Å². The van der Waals surface area contributed by atoms with Gasteiger partial charge in [0.15, 0.2) is 0 Å². The van der Waals surface area contributed by atoms with Crippen molar-refractivity contribution < 1.29 is 14.0 Å². The van der Waals surface area contributed by atoms with E-state index < -0.39 is 0 Å². The van der Waals surface area contributed by atoms with E-state index in [1.54, 1.807) is 29.2 Å². The molecule has 0 saturated carbocycles. The molecule has 0 bridgehead atoms. The summed E-state index contributed by atoms with van der Waals surface area (Å²) in [5, 5.41) is 6.05. The molecular weight excluding hydrogens is 457 g/mol. The van der Waals surface area contributed by atoms with Gasteiger partial charge < -0.3 is 15.5 Å². The maximum Gasteiger partial charge on any atom is 0.274 e. The van der Waals surface area contributed by atoms with Gasteiger partial charge in [0.1, 0.15) is 11.5 Å². The molecule has 2 amide bonds. The molecule has 8 heteroatoms. The molecule has 2 aliphatic heterocycles. The molecule has 0 radical (unpaired) electrons. The summed E-state index contributed by atoms with van der Waals surface area (Å²) in [6, 6.07) is 17.5. The number of aromatic nitrogens is 1. The second kappa shape index (κ2) is 10.7. The van der Waals surface area contributed by atoms with E-state index in [-0.39, 0.29) is 23.3 Å². The quantitative estimate of drug-likeness (QED) is 0.558. The Morgan fingerprint density at radius 2 is 1.72 bits per heavy atom. The number of amides is 2. The Morgan fingerprint density at radius 3 is 2.36 bits per heavy atom. The number of pyridine rings is 1. The summed E-state index contributed by atoms with van der Waals surface area (Å²) in [6.45, 7) is 4.29. The number of benzene rings is 2. The molecule has 3 aromatic rings. The van der Waals surface area contributed by atoms with Crippen LogP contribution in [-0.2, 0) is 6.54 Å². The Bertz CT molecular complexity index is 1230. The smallest absolute Gasteiger partial charge is 0.274 e. The summed E-state index contributed by atoms with van der Waals surface area (Å²) < 4.78 is 13.1. The van der Waals surface area contributed by atoms with Gasteiger partial charge in [0, 0.05) is 57.1 Å². The van der Waals surface area contributed by atoms with Gasteiger partial charge in [-0.25, -0.2) is 4.39 Å². The second-order valence-electron chi connectivity index (χ2n) is 9.08. The molecule has 2 N–H and O–H groups in total. The maximum absolute atomic E-state index is 13.1. The lowest BCUT2D eigenvalue weighted by Gasteiger charge is -2.34. The van der Waals surface area contributed by atoms with Crippen LogP contribution in [-0.4, -0.2) is 59.3 Å². The zero-order chi connectivity index (χ0) is 24.9. The highest BCUT2D eigenvalue weighted by molar-refractivity contribution is 6.03. The third kappa shape index (κ3) is 5.60. The van der Waals surface area contributed by atoms with E-state index >= 15 is 0 Å². The summed E-state index contributed by atoms with van der Waals surface area (Å²) in [7, 11) is 0. The van der Waals surface area contributed by atoms with Crippen LogP contribution >= 0.6 is 0 Å². The van der Waals surface area contributed by atoms with Crippen molar-refractivity contribution >= 4 is 17.5 Å². The molecule has 36 heavy (non-hydrogen) atoms. The molecule has 1 unspecified atom stereocenters. The van der Waals surface area contributed by atoms with Crippen molar-refractivity contribution in [2.75, 3.05) is 38.0 Å². The zero-order valence-electron chi connectivity index (χ0n) is 19.9. The molecule has 2 aliphatic rings. The topological polar surface area (TPSA) is 77.6 Å². The molecule has 7 nitrogen and oxygen atoms in total. The fourth-order valence-electron chi connectivity index (χ4n) is 4.48. The SMILES string of the molecule is O=C(Nc1ccc(C2C=CNC2)cc1)c1ccc(C(=O)N2CCN(Cc3ccc(F)cc3)CC2)cn1. The van der Waals surface area contributed by atoms with Gasteiger partial charge in [0.05, 0.1) is 5.56 Å². The number of hydrogen-bond acceptors (Lipinski definition) is 5. The Morgan fingerprint density at radius 1 is 0.972 bits per heavy atom. The van der Waals surface area contributed by atoms with Crippen molar-refractivity contribution in [2.24, 2.45) is 0 Å². The van der Waals surface area contributed by atoms with E-state index in [1.807, 2.05) is 30.5 Å². The maximum atomic E-state index is 13.1. The lowest BCUT2D eigenvalue weighted by molar-refractivity contribution is 0.0627. The number of carbonyl (C=O) groups is 2. The van der Waals surface area contributed by atoms with Crippen molar-refractivity contribution in [3.63, 3.8) is 0 Å². The number of anilines is 1. The molecule has 1 aromatic heterocycles. The van der Waals surface area contributed by atoms with Gasteiger partial charge in [-0.2, -0.15) is 0 Å². The molecular formula is C28H28FN5O2. The summed E-state index contributed by atoms with van der Waals surface area (Å²) in [4.78, 5) is 33.8. The highest BCUT2D eigenvalue weighted by atomic mass is 19.1. The molecule has 5 rings (SSSR count). The van der Waals surface area contributed by atoms with Crippen LogP contribution < -0.4 is 10.6 Å². The van der Waals surface area contributed by atoms with E-state index in [4.69, 9.17) is 0 Å². The second-order valence-corrected chi connectivity index (χ2v) is 9.08. The molecule has 2 aromatic carbocycles. The fourth-order valence-corrected chi connectivity index (χ4v) is 4.48. The van der Waals surface area contributed by atoms with Crippen LogP contribution in [0.25, 0.3) is 0 Å². The number of halogens is 1. The first-order valence-electron chi connectivity index (χ1n) is 12.1. The van der Waals surface area contributed by atoms with Crippen LogP contribution in [0.3, 0.4) is 0 Å². The number of piperazine rings is 1. The largest absolute Gasteiger partial charge is 0.390 e. The van der Waals surface area contributed by atoms with Gasteiger partial charge in [-0.1, -0.05) is 30.3 Å². The lowest BCUT2D eigenvalue weighted by Crippen LogP contribution is -2.48. The Hall–Kier alpha value is -4.04. The molecule has 184 valence electrons. The van der Waals surface area contributed by atoms with Crippen LogP contribution in [0.15, 0.2) is 79.1 Å².